The highest BCUT2D eigenvalue weighted by Crippen LogP contribution is 2.31. The Bertz CT molecular complexity index is 832. The molecule has 1 aliphatic heterocycles. The van der Waals surface area contributed by atoms with Crippen LogP contribution in [0.15, 0.2) is 69.8 Å². The Morgan fingerprint density at radius 1 is 1.20 bits per heavy atom. The van der Waals surface area contributed by atoms with Crippen LogP contribution < -0.4 is 5.32 Å². The summed E-state index contributed by atoms with van der Waals surface area (Å²) in [5.74, 6) is 0.520. The summed E-state index contributed by atoms with van der Waals surface area (Å²) in [5, 5.41) is 4.15. The van der Waals surface area contributed by atoms with Gasteiger partial charge < -0.3 is 10.1 Å². The first-order chi connectivity index (χ1) is 12.1. The Morgan fingerprint density at radius 2 is 1.96 bits per heavy atom. The van der Waals surface area contributed by atoms with Crippen molar-refractivity contribution >= 4 is 50.1 Å². The SMILES string of the molecule is COC(=O)CC1=CC(SCc2ccc(Br)cc2)=Nc2ccccc2N1. The minimum Gasteiger partial charge on any atom is -0.469 e. The lowest BCUT2D eigenvalue weighted by atomic mass is 10.2. The molecule has 0 spiro atoms. The first-order valence-corrected chi connectivity index (χ1v) is 9.51. The molecule has 1 heterocycles. The first-order valence-electron chi connectivity index (χ1n) is 7.73. The third-order valence-electron chi connectivity index (χ3n) is 3.59. The fourth-order valence-electron chi connectivity index (χ4n) is 2.32. The topological polar surface area (TPSA) is 50.7 Å². The van der Waals surface area contributed by atoms with E-state index in [0.29, 0.717) is 0 Å². The summed E-state index contributed by atoms with van der Waals surface area (Å²) in [6.45, 7) is 0. The largest absolute Gasteiger partial charge is 0.469 e. The normalized spacial score (nSPS) is 13.0. The maximum Gasteiger partial charge on any atom is 0.311 e. The zero-order valence-electron chi connectivity index (χ0n) is 13.7. The summed E-state index contributed by atoms with van der Waals surface area (Å²) in [6.07, 6.45) is 2.10. The van der Waals surface area contributed by atoms with Gasteiger partial charge in [-0.2, -0.15) is 0 Å². The quantitative estimate of drug-likeness (QED) is 0.688. The molecule has 0 radical (unpaired) electrons. The average Bonchev–Trinajstić information content (AvgIpc) is 2.79. The van der Waals surface area contributed by atoms with Gasteiger partial charge in [0.05, 0.1) is 29.9 Å². The summed E-state index contributed by atoms with van der Waals surface area (Å²) in [7, 11) is 1.39. The van der Waals surface area contributed by atoms with Crippen molar-refractivity contribution in [3.8, 4) is 0 Å². The van der Waals surface area contributed by atoms with E-state index in [1.165, 1.54) is 12.7 Å². The van der Waals surface area contributed by atoms with Gasteiger partial charge in [0.25, 0.3) is 0 Å². The number of hydrogen-bond donors (Lipinski definition) is 1. The minimum atomic E-state index is -0.282. The zero-order chi connectivity index (χ0) is 17.6. The van der Waals surface area contributed by atoms with E-state index < -0.39 is 0 Å². The van der Waals surface area contributed by atoms with Crippen molar-refractivity contribution in [2.24, 2.45) is 4.99 Å². The molecule has 0 saturated carbocycles. The molecule has 0 bridgehead atoms. The van der Waals surface area contributed by atoms with Crippen molar-refractivity contribution in [3.05, 3.63) is 70.3 Å². The first kappa shape index (κ1) is 17.8. The molecule has 0 aromatic heterocycles. The van der Waals surface area contributed by atoms with Crippen LogP contribution in [-0.4, -0.2) is 18.1 Å². The molecule has 0 amide bonds. The van der Waals surface area contributed by atoms with E-state index in [1.54, 1.807) is 11.8 Å². The number of nitrogens with one attached hydrogen (secondary N) is 1. The summed E-state index contributed by atoms with van der Waals surface area (Å²) >= 11 is 5.08. The van der Waals surface area contributed by atoms with Gasteiger partial charge in [-0.15, -0.1) is 11.8 Å². The molecule has 4 nitrogen and oxygen atoms in total. The summed E-state index contributed by atoms with van der Waals surface area (Å²) < 4.78 is 5.85. The van der Waals surface area contributed by atoms with Crippen LogP contribution in [0.2, 0.25) is 0 Å². The lowest BCUT2D eigenvalue weighted by molar-refractivity contribution is -0.139. The van der Waals surface area contributed by atoms with E-state index in [9.17, 15) is 4.79 Å². The molecule has 0 unspecified atom stereocenters. The molecular formula is C19H17BrN2O2S. The number of aliphatic imine (C=N–C) groups is 1. The van der Waals surface area contributed by atoms with Crippen molar-refractivity contribution in [2.75, 3.05) is 12.4 Å². The van der Waals surface area contributed by atoms with Gasteiger partial charge in [-0.05, 0) is 35.9 Å². The molecule has 2 aromatic rings. The van der Waals surface area contributed by atoms with Crippen molar-refractivity contribution in [1.82, 2.24) is 0 Å². The molecule has 0 atom stereocenters. The van der Waals surface area contributed by atoms with Gasteiger partial charge in [-0.1, -0.05) is 40.2 Å². The van der Waals surface area contributed by atoms with E-state index in [-0.39, 0.29) is 12.4 Å². The summed E-state index contributed by atoms with van der Waals surface area (Å²) in [5.41, 5.74) is 3.73. The number of carbonyl (C=O) groups excluding carboxylic acids is 1. The monoisotopic (exact) mass is 416 g/mol. The molecule has 1 aliphatic rings. The molecule has 0 aliphatic carbocycles. The van der Waals surface area contributed by atoms with Crippen LogP contribution in [0.5, 0.6) is 0 Å². The van der Waals surface area contributed by atoms with Crippen LogP contribution in [0.3, 0.4) is 0 Å². The van der Waals surface area contributed by atoms with Gasteiger partial charge in [0.15, 0.2) is 0 Å². The molecule has 25 heavy (non-hydrogen) atoms. The Balaban J connectivity index is 1.82. The second-order valence-corrected chi connectivity index (χ2v) is 7.34. The zero-order valence-corrected chi connectivity index (χ0v) is 16.1. The Hall–Kier alpha value is -2.05. The Labute approximate surface area is 159 Å². The fraction of sp³-hybridized carbons (Fsp3) is 0.158. The van der Waals surface area contributed by atoms with Gasteiger partial charge in [0.1, 0.15) is 0 Å². The second-order valence-electron chi connectivity index (χ2n) is 5.43. The van der Waals surface area contributed by atoms with E-state index in [4.69, 9.17) is 9.73 Å². The number of para-hydroxylation sites is 2. The maximum atomic E-state index is 11.7. The van der Waals surface area contributed by atoms with Gasteiger partial charge in [-0.25, -0.2) is 4.99 Å². The Morgan fingerprint density at radius 3 is 2.72 bits per heavy atom. The van der Waals surface area contributed by atoms with E-state index in [2.05, 4.69) is 33.4 Å². The van der Waals surface area contributed by atoms with Gasteiger partial charge >= 0.3 is 5.97 Å². The van der Waals surface area contributed by atoms with Gasteiger partial charge in [0.2, 0.25) is 0 Å². The van der Waals surface area contributed by atoms with Crippen LogP contribution in [-0.2, 0) is 15.3 Å². The van der Waals surface area contributed by atoms with Crippen LogP contribution in [0.4, 0.5) is 11.4 Å². The van der Waals surface area contributed by atoms with Crippen molar-refractivity contribution in [3.63, 3.8) is 0 Å². The predicted molar refractivity (Wildman–Crippen MR) is 107 cm³/mol. The molecule has 0 fully saturated rings. The number of ether oxygens (including phenoxy) is 1. The van der Waals surface area contributed by atoms with Crippen LogP contribution in [0, 0.1) is 0 Å². The predicted octanol–water partition coefficient (Wildman–Crippen LogP) is 5.29. The third kappa shape index (κ3) is 4.96. The second kappa shape index (κ2) is 8.36. The number of anilines is 1. The molecule has 2 aromatic carbocycles. The molecule has 1 N–H and O–H groups in total. The van der Waals surface area contributed by atoms with Gasteiger partial charge in [-0.3, -0.25) is 4.79 Å². The highest BCUT2D eigenvalue weighted by molar-refractivity contribution is 9.10. The van der Waals surface area contributed by atoms with Crippen molar-refractivity contribution < 1.29 is 9.53 Å². The molecular weight excluding hydrogens is 400 g/mol. The average molecular weight is 417 g/mol. The van der Waals surface area contributed by atoms with E-state index in [1.807, 2.05) is 42.5 Å². The van der Waals surface area contributed by atoms with Crippen molar-refractivity contribution in [2.45, 2.75) is 12.2 Å². The van der Waals surface area contributed by atoms with E-state index >= 15 is 0 Å². The Kier molecular flexibility index (Phi) is 5.94. The lowest BCUT2D eigenvalue weighted by Gasteiger charge is -2.09. The molecule has 3 rings (SSSR count). The summed E-state index contributed by atoms with van der Waals surface area (Å²) in [6, 6.07) is 16.0. The highest BCUT2D eigenvalue weighted by Gasteiger charge is 2.14. The number of benzene rings is 2. The number of nitrogens with zero attached hydrogens (tertiary/aromatic N) is 1. The maximum absolute atomic E-state index is 11.7. The third-order valence-corrected chi connectivity index (χ3v) is 5.10. The number of thioether (sulfide) groups is 1. The standard InChI is InChI=1S/C19H17BrN2O2S/c1-24-19(23)11-15-10-18(22-17-5-3-2-4-16(17)21-15)25-12-13-6-8-14(20)9-7-13/h2-10,21H,11-12H2,1H3. The molecule has 6 heteroatoms. The number of carbonyl (C=O) groups is 1. The fourth-order valence-corrected chi connectivity index (χ4v) is 3.48. The van der Waals surface area contributed by atoms with Gasteiger partial charge in [0, 0.05) is 15.9 Å². The number of rotatable bonds is 4. The number of halogens is 1. The number of esters is 1. The number of hydrogen-bond acceptors (Lipinski definition) is 5. The van der Waals surface area contributed by atoms with Crippen molar-refractivity contribution in [1.29, 1.82) is 0 Å². The van der Waals surface area contributed by atoms with Crippen LogP contribution in [0.1, 0.15) is 12.0 Å². The van der Waals surface area contributed by atoms with Crippen LogP contribution >= 0.6 is 27.7 Å². The summed E-state index contributed by atoms with van der Waals surface area (Å²) in [4.78, 5) is 16.4. The number of fused-ring (bicyclic) bond motifs is 1. The lowest BCUT2D eigenvalue weighted by Crippen LogP contribution is -2.08. The number of methoxy groups -OCH3 is 1. The molecule has 0 saturated heterocycles. The highest BCUT2D eigenvalue weighted by atomic mass is 79.9. The molecule has 128 valence electrons. The van der Waals surface area contributed by atoms with E-state index in [0.717, 1.165) is 32.3 Å². The minimum absolute atomic E-state index is 0.183. The smallest absolute Gasteiger partial charge is 0.311 e. The van der Waals surface area contributed by atoms with Crippen LogP contribution in [0.25, 0.3) is 0 Å².